The predicted molar refractivity (Wildman–Crippen MR) is 10.9 cm³/mol. The van der Waals surface area contributed by atoms with Gasteiger partial charge in [0.15, 0.2) is 0 Å². The molecule has 0 saturated carbocycles. The third kappa shape index (κ3) is 5.67. The summed E-state index contributed by atoms with van der Waals surface area (Å²) in [6.07, 6.45) is -5.10. The Hall–Kier alpha value is -0.330. The van der Waals surface area contributed by atoms with Crippen LogP contribution in [0.5, 0.6) is 0 Å². The molecule has 0 bridgehead atoms. The zero-order chi connectivity index (χ0) is 6.78. The lowest BCUT2D eigenvalue weighted by atomic mass is 11.2. The van der Waals surface area contributed by atoms with Gasteiger partial charge < -0.3 is 14.9 Å². The molecule has 50 valence electrons. The topological polar surface area (TPSA) is 55.3 Å². The highest BCUT2D eigenvalue weighted by Crippen LogP contribution is 2.15. The molecule has 0 unspecified atom stereocenters. The standard InChI is InChI=1S/C2HF3O3/c3-2(4,5)8-1(6)7/h1H/q-2. The SMILES string of the molecule is [O-]C([O-])OC(F)(F)F. The van der Waals surface area contributed by atoms with Crippen molar-refractivity contribution < 1.29 is 28.1 Å². The molecule has 0 saturated heterocycles. The minimum absolute atomic E-state index is 2.33. The molecule has 0 aromatic carbocycles. The molecule has 0 heterocycles. The zero-order valence-corrected chi connectivity index (χ0v) is 3.44. The number of halogens is 3. The molecule has 0 aromatic rings. The van der Waals surface area contributed by atoms with Gasteiger partial charge in [-0.15, -0.1) is 13.2 Å². The van der Waals surface area contributed by atoms with Gasteiger partial charge in [0.1, 0.15) is 0 Å². The smallest absolute Gasteiger partial charge is 0.520 e. The van der Waals surface area contributed by atoms with Crippen molar-refractivity contribution in [1.29, 1.82) is 0 Å². The second-order valence-corrected chi connectivity index (χ2v) is 0.852. The summed E-state index contributed by atoms with van der Waals surface area (Å²) >= 11 is 0. The molecule has 0 rings (SSSR count). The van der Waals surface area contributed by atoms with Crippen LogP contribution >= 0.6 is 0 Å². The molecule has 3 nitrogen and oxygen atoms in total. The minimum atomic E-state index is -5.10. The molecular formula is C2HF3O3-2. The molecule has 0 aromatic heterocycles. The number of hydrogen-bond donors (Lipinski definition) is 0. The van der Waals surface area contributed by atoms with E-state index in [9.17, 15) is 13.2 Å². The van der Waals surface area contributed by atoms with Crippen molar-refractivity contribution in [3.05, 3.63) is 0 Å². The summed E-state index contributed by atoms with van der Waals surface area (Å²) in [6, 6.07) is 0. The van der Waals surface area contributed by atoms with Crippen LogP contribution in [0.25, 0.3) is 0 Å². The average Bonchev–Trinajstić information content (AvgIpc) is 1.21. The number of ether oxygens (including phenoxy) is 1. The second kappa shape index (κ2) is 2.29. The van der Waals surface area contributed by atoms with Gasteiger partial charge in [-0.25, -0.2) is 0 Å². The van der Waals surface area contributed by atoms with E-state index in [1.54, 1.807) is 0 Å². The molecule has 8 heavy (non-hydrogen) atoms. The second-order valence-electron chi connectivity index (χ2n) is 0.852. The van der Waals surface area contributed by atoms with E-state index in [2.05, 4.69) is 4.74 Å². The predicted octanol–water partition coefficient (Wildman–Crippen LogP) is -1.47. The van der Waals surface area contributed by atoms with Crippen LogP contribution in [-0.4, -0.2) is 12.8 Å². The maximum atomic E-state index is 10.7. The van der Waals surface area contributed by atoms with Crippen molar-refractivity contribution >= 4 is 0 Å². The fourth-order valence-corrected chi connectivity index (χ4v) is 0.109. The summed E-state index contributed by atoms with van der Waals surface area (Å²) in [5, 5.41) is 18.1. The Morgan fingerprint density at radius 1 is 1.25 bits per heavy atom. The third-order valence-electron chi connectivity index (χ3n) is 0.230. The van der Waals surface area contributed by atoms with E-state index in [0.717, 1.165) is 0 Å². The Morgan fingerprint density at radius 3 is 1.62 bits per heavy atom. The van der Waals surface area contributed by atoms with E-state index >= 15 is 0 Å². The molecule has 0 N–H and O–H groups in total. The summed E-state index contributed by atoms with van der Waals surface area (Å²) < 4.78 is 34.4. The first-order valence-corrected chi connectivity index (χ1v) is 1.48. The van der Waals surface area contributed by atoms with Crippen LogP contribution < -0.4 is 10.2 Å². The van der Waals surface area contributed by atoms with Crippen molar-refractivity contribution in [2.24, 2.45) is 0 Å². The van der Waals surface area contributed by atoms with Crippen LogP contribution in [0.1, 0.15) is 0 Å². The minimum Gasteiger partial charge on any atom is -0.844 e. The summed E-state index contributed by atoms with van der Waals surface area (Å²) in [6.45, 7) is -3.28. The largest absolute Gasteiger partial charge is 0.844 e. The maximum absolute atomic E-state index is 10.7. The van der Waals surface area contributed by atoms with Crippen LogP contribution in [0.15, 0.2) is 0 Å². The van der Waals surface area contributed by atoms with E-state index < -0.39 is 12.8 Å². The van der Waals surface area contributed by atoms with Gasteiger partial charge in [-0.1, -0.05) is 6.48 Å². The van der Waals surface area contributed by atoms with Gasteiger partial charge in [0.2, 0.25) is 0 Å². The van der Waals surface area contributed by atoms with Gasteiger partial charge in [-0.2, -0.15) is 0 Å². The molecule has 0 aliphatic carbocycles. The normalized spacial score (nSPS) is 12.8. The third-order valence-corrected chi connectivity index (χ3v) is 0.230. The first-order valence-electron chi connectivity index (χ1n) is 1.48. The molecule has 0 aliphatic rings. The molecule has 0 atom stereocenters. The van der Waals surface area contributed by atoms with Crippen molar-refractivity contribution in [3.8, 4) is 0 Å². The summed E-state index contributed by atoms with van der Waals surface area (Å²) in [4.78, 5) is 0. The Morgan fingerprint density at radius 2 is 1.62 bits per heavy atom. The van der Waals surface area contributed by atoms with E-state index in [1.165, 1.54) is 0 Å². The van der Waals surface area contributed by atoms with Crippen molar-refractivity contribution in [3.63, 3.8) is 0 Å². The van der Waals surface area contributed by atoms with Crippen molar-refractivity contribution in [2.45, 2.75) is 12.8 Å². The van der Waals surface area contributed by atoms with Gasteiger partial charge in [0.05, 0.1) is 0 Å². The first kappa shape index (κ1) is 7.67. The highest BCUT2D eigenvalue weighted by molar-refractivity contribution is 4.19. The molecule has 6 heteroatoms. The quantitative estimate of drug-likeness (QED) is 0.407. The number of hydrogen-bond acceptors (Lipinski definition) is 3. The van der Waals surface area contributed by atoms with E-state index in [-0.39, 0.29) is 0 Å². The monoisotopic (exact) mass is 130 g/mol. The van der Waals surface area contributed by atoms with Crippen LogP contribution in [0.2, 0.25) is 0 Å². The van der Waals surface area contributed by atoms with E-state index in [4.69, 9.17) is 10.2 Å². The first-order chi connectivity index (χ1) is 3.42. The number of rotatable bonds is 1. The molecule has 0 radical (unpaired) electrons. The average molecular weight is 130 g/mol. The lowest BCUT2D eigenvalue weighted by Crippen LogP contribution is -2.44. The van der Waals surface area contributed by atoms with E-state index in [1.807, 2.05) is 0 Å². The molecule has 0 amide bonds. The summed E-state index contributed by atoms with van der Waals surface area (Å²) in [5.41, 5.74) is 0. The zero-order valence-electron chi connectivity index (χ0n) is 3.44. The maximum Gasteiger partial charge on any atom is 0.520 e. The highest BCUT2D eigenvalue weighted by atomic mass is 19.4. The van der Waals surface area contributed by atoms with Gasteiger partial charge in [0.25, 0.3) is 0 Å². The molecular weight excluding hydrogens is 129 g/mol. The van der Waals surface area contributed by atoms with Crippen LogP contribution in [0, 0.1) is 0 Å². The lowest BCUT2D eigenvalue weighted by Gasteiger charge is -2.28. The Balaban J connectivity index is 3.39. The van der Waals surface area contributed by atoms with Gasteiger partial charge in [0, 0.05) is 0 Å². The summed E-state index contributed by atoms with van der Waals surface area (Å²) in [5.74, 6) is 0. The van der Waals surface area contributed by atoms with Crippen molar-refractivity contribution in [1.82, 2.24) is 0 Å². The van der Waals surface area contributed by atoms with Gasteiger partial charge in [-0.05, 0) is 0 Å². The molecule has 0 fully saturated rings. The Labute approximate surface area is 42.3 Å². The highest BCUT2D eigenvalue weighted by Gasteiger charge is 2.27. The fourth-order valence-electron chi connectivity index (χ4n) is 0.109. The Kier molecular flexibility index (Phi) is 2.20. The molecule has 0 aliphatic heterocycles. The summed E-state index contributed by atoms with van der Waals surface area (Å²) in [7, 11) is 0. The van der Waals surface area contributed by atoms with Gasteiger partial charge >= 0.3 is 6.36 Å². The van der Waals surface area contributed by atoms with E-state index in [0.29, 0.717) is 0 Å². The fraction of sp³-hybridized carbons (Fsp3) is 1.00. The lowest BCUT2D eigenvalue weighted by molar-refractivity contribution is -0.740. The molecule has 0 spiro atoms. The van der Waals surface area contributed by atoms with Crippen LogP contribution in [0.4, 0.5) is 13.2 Å². The number of alkyl halides is 3. The van der Waals surface area contributed by atoms with Crippen LogP contribution in [0.3, 0.4) is 0 Å². The van der Waals surface area contributed by atoms with Gasteiger partial charge in [-0.3, -0.25) is 0 Å². The Bertz CT molecular complexity index is 67.4. The van der Waals surface area contributed by atoms with Crippen LogP contribution in [-0.2, 0) is 4.74 Å². The van der Waals surface area contributed by atoms with Crippen molar-refractivity contribution in [2.75, 3.05) is 0 Å².